The SMILES string of the molecule is Cc1[nH]ncc1S(=O)(=O)NC1CCCCC1C(F)(F)F. The highest BCUT2D eigenvalue weighted by atomic mass is 32.2. The van der Waals surface area contributed by atoms with Crippen molar-refractivity contribution in [3.63, 3.8) is 0 Å². The third-order valence-electron chi connectivity index (χ3n) is 3.57. The average molecular weight is 311 g/mol. The van der Waals surface area contributed by atoms with E-state index in [0.29, 0.717) is 18.5 Å². The van der Waals surface area contributed by atoms with Gasteiger partial charge in [-0.15, -0.1) is 0 Å². The molecule has 1 fully saturated rings. The molecule has 9 heteroatoms. The Morgan fingerprint density at radius 2 is 2.00 bits per heavy atom. The van der Waals surface area contributed by atoms with Gasteiger partial charge in [-0.25, -0.2) is 13.1 Å². The molecule has 0 aliphatic heterocycles. The zero-order valence-corrected chi connectivity index (χ0v) is 11.7. The number of hydrogen-bond donors (Lipinski definition) is 2. The van der Waals surface area contributed by atoms with E-state index in [1.165, 1.54) is 6.92 Å². The Morgan fingerprint density at radius 1 is 1.35 bits per heavy atom. The molecule has 0 spiro atoms. The summed E-state index contributed by atoms with van der Waals surface area (Å²) >= 11 is 0. The minimum atomic E-state index is -4.39. The molecule has 0 radical (unpaired) electrons. The third-order valence-corrected chi connectivity index (χ3v) is 5.17. The van der Waals surface area contributed by atoms with Crippen LogP contribution < -0.4 is 4.72 Å². The van der Waals surface area contributed by atoms with Crippen molar-refractivity contribution in [3.8, 4) is 0 Å². The number of aromatic nitrogens is 2. The largest absolute Gasteiger partial charge is 0.393 e. The van der Waals surface area contributed by atoms with Crippen molar-refractivity contribution in [1.82, 2.24) is 14.9 Å². The number of nitrogens with one attached hydrogen (secondary N) is 2. The van der Waals surface area contributed by atoms with E-state index >= 15 is 0 Å². The van der Waals surface area contributed by atoms with Gasteiger partial charge < -0.3 is 0 Å². The van der Waals surface area contributed by atoms with Gasteiger partial charge in [-0.3, -0.25) is 5.10 Å². The molecule has 20 heavy (non-hydrogen) atoms. The summed E-state index contributed by atoms with van der Waals surface area (Å²) in [6.45, 7) is 1.50. The number of rotatable bonds is 3. The highest BCUT2D eigenvalue weighted by molar-refractivity contribution is 7.89. The van der Waals surface area contributed by atoms with Crippen LogP contribution in [0.5, 0.6) is 0 Å². The second-order valence-electron chi connectivity index (χ2n) is 5.02. The Kier molecular flexibility index (Phi) is 4.10. The molecule has 114 valence electrons. The number of aryl methyl sites for hydroxylation is 1. The van der Waals surface area contributed by atoms with Crippen molar-refractivity contribution in [2.24, 2.45) is 5.92 Å². The first-order valence-corrected chi connectivity index (χ1v) is 7.79. The van der Waals surface area contributed by atoms with Crippen molar-refractivity contribution in [2.75, 3.05) is 0 Å². The average Bonchev–Trinajstić information content (AvgIpc) is 2.75. The molecule has 1 heterocycles. The lowest BCUT2D eigenvalue weighted by Gasteiger charge is -2.33. The fourth-order valence-corrected chi connectivity index (χ4v) is 3.98. The van der Waals surface area contributed by atoms with Gasteiger partial charge in [0.05, 0.1) is 17.8 Å². The lowest BCUT2D eigenvalue weighted by Crippen LogP contribution is -2.47. The molecule has 0 amide bonds. The van der Waals surface area contributed by atoms with Crippen molar-refractivity contribution in [1.29, 1.82) is 0 Å². The van der Waals surface area contributed by atoms with Crippen LogP contribution >= 0.6 is 0 Å². The zero-order chi connectivity index (χ0) is 15.0. The van der Waals surface area contributed by atoms with Crippen LogP contribution in [0.25, 0.3) is 0 Å². The maximum atomic E-state index is 12.9. The summed E-state index contributed by atoms with van der Waals surface area (Å²) in [7, 11) is -3.98. The molecule has 1 aliphatic rings. The normalized spacial score (nSPS) is 24.8. The number of halogens is 3. The van der Waals surface area contributed by atoms with Crippen LogP contribution in [-0.4, -0.2) is 30.8 Å². The monoisotopic (exact) mass is 311 g/mol. The van der Waals surface area contributed by atoms with Gasteiger partial charge in [-0.2, -0.15) is 18.3 Å². The first-order chi connectivity index (χ1) is 9.22. The summed E-state index contributed by atoms with van der Waals surface area (Å²) in [5.41, 5.74) is 0.303. The number of hydrogen-bond acceptors (Lipinski definition) is 3. The van der Waals surface area contributed by atoms with Gasteiger partial charge in [0.1, 0.15) is 4.90 Å². The van der Waals surface area contributed by atoms with Crippen LogP contribution in [0.3, 0.4) is 0 Å². The molecular formula is C11H16F3N3O2S. The minimum Gasteiger partial charge on any atom is -0.281 e. The molecule has 5 nitrogen and oxygen atoms in total. The number of H-pyrrole nitrogens is 1. The molecule has 0 aromatic carbocycles. The first kappa shape index (κ1) is 15.3. The Labute approximate surface area is 115 Å². The molecule has 0 bridgehead atoms. The summed E-state index contributed by atoms with van der Waals surface area (Å²) in [5.74, 6) is -1.63. The minimum absolute atomic E-state index is 0.0406. The quantitative estimate of drug-likeness (QED) is 0.898. The zero-order valence-electron chi connectivity index (χ0n) is 10.9. The van der Waals surface area contributed by atoms with Gasteiger partial charge in [0.15, 0.2) is 0 Å². The topological polar surface area (TPSA) is 74.8 Å². The van der Waals surface area contributed by atoms with Crippen LogP contribution in [0.2, 0.25) is 0 Å². The van der Waals surface area contributed by atoms with Crippen LogP contribution in [0.15, 0.2) is 11.1 Å². The van der Waals surface area contributed by atoms with E-state index in [9.17, 15) is 21.6 Å². The summed E-state index contributed by atoms with van der Waals surface area (Å²) in [4.78, 5) is -0.107. The molecule has 1 aromatic rings. The van der Waals surface area contributed by atoms with Gasteiger partial charge in [-0.1, -0.05) is 12.8 Å². The maximum absolute atomic E-state index is 12.9. The molecule has 1 saturated carbocycles. The Bertz CT molecular complexity index is 568. The van der Waals surface area contributed by atoms with Crippen molar-refractivity contribution >= 4 is 10.0 Å². The van der Waals surface area contributed by atoms with Crippen LogP contribution in [0.4, 0.5) is 13.2 Å². The highest BCUT2D eigenvalue weighted by Crippen LogP contribution is 2.38. The van der Waals surface area contributed by atoms with E-state index in [2.05, 4.69) is 14.9 Å². The van der Waals surface area contributed by atoms with E-state index in [4.69, 9.17) is 0 Å². The Morgan fingerprint density at radius 3 is 2.55 bits per heavy atom. The molecular weight excluding hydrogens is 295 g/mol. The molecule has 1 aliphatic carbocycles. The second kappa shape index (κ2) is 5.36. The van der Waals surface area contributed by atoms with Gasteiger partial charge in [-0.05, 0) is 19.8 Å². The summed E-state index contributed by atoms with van der Waals surface area (Å²) in [6.07, 6.45) is -2.08. The van der Waals surface area contributed by atoms with Crippen molar-refractivity contribution < 1.29 is 21.6 Å². The van der Waals surface area contributed by atoms with Crippen LogP contribution in [-0.2, 0) is 10.0 Å². The fourth-order valence-electron chi connectivity index (χ4n) is 2.54. The molecule has 2 N–H and O–H groups in total. The number of sulfonamides is 1. The van der Waals surface area contributed by atoms with E-state index in [1.807, 2.05) is 0 Å². The Balaban J connectivity index is 2.21. The predicted molar refractivity (Wildman–Crippen MR) is 65.4 cm³/mol. The van der Waals surface area contributed by atoms with Crippen LogP contribution in [0, 0.1) is 12.8 Å². The number of alkyl halides is 3. The molecule has 2 rings (SSSR count). The molecule has 1 aromatic heterocycles. The second-order valence-corrected chi connectivity index (χ2v) is 6.70. The maximum Gasteiger partial charge on any atom is 0.393 e. The lowest BCUT2D eigenvalue weighted by molar-refractivity contribution is -0.187. The molecule has 2 unspecified atom stereocenters. The van der Waals surface area contributed by atoms with Crippen molar-refractivity contribution in [2.45, 2.75) is 49.7 Å². The van der Waals surface area contributed by atoms with E-state index in [-0.39, 0.29) is 17.7 Å². The van der Waals surface area contributed by atoms with E-state index in [1.54, 1.807) is 0 Å². The van der Waals surface area contributed by atoms with E-state index < -0.39 is 28.2 Å². The lowest BCUT2D eigenvalue weighted by atomic mass is 9.85. The van der Waals surface area contributed by atoms with Gasteiger partial charge in [0.25, 0.3) is 0 Å². The molecule has 0 saturated heterocycles. The Hall–Kier alpha value is -1.09. The van der Waals surface area contributed by atoms with Gasteiger partial charge >= 0.3 is 6.18 Å². The highest BCUT2D eigenvalue weighted by Gasteiger charge is 2.46. The smallest absolute Gasteiger partial charge is 0.281 e. The predicted octanol–water partition coefficient (Wildman–Crippen LogP) is 2.12. The summed E-state index contributed by atoms with van der Waals surface area (Å²) in [6, 6.07) is -1.11. The van der Waals surface area contributed by atoms with Gasteiger partial charge in [0.2, 0.25) is 10.0 Å². The van der Waals surface area contributed by atoms with Gasteiger partial charge in [0, 0.05) is 6.04 Å². The van der Waals surface area contributed by atoms with Crippen molar-refractivity contribution in [3.05, 3.63) is 11.9 Å². The van der Waals surface area contributed by atoms with Crippen LogP contribution in [0.1, 0.15) is 31.4 Å². The molecule has 2 atom stereocenters. The number of nitrogens with zero attached hydrogens (tertiary/aromatic N) is 1. The third kappa shape index (κ3) is 3.14. The standard InChI is InChI=1S/C11H16F3N3O2S/c1-7-10(6-15-16-7)20(18,19)17-9-5-3-2-4-8(9)11(12,13)14/h6,8-9,17H,2-5H2,1H3,(H,15,16). The summed E-state index contributed by atoms with van der Waals surface area (Å²) < 4.78 is 65.2. The summed E-state index contributed by atoms with van der Waals surface area (Å²) in [5, 5.41) is 6.04. The fraction of sp³-hybridized carbons (Fsp3) is 0.727. The number of aromatic amines is 1. The van der Waals surface area contributed by atoms with E-state index in [0.717, 1.165) is 6.20 Å². The first-order valence-electron chi connectivity index (χ1n) is 6.31.